The highest BCUT2D eigenvalue weighted by Crippen LogP contribution is 2.31. The highest BCUT2D eigenvalue weighted by Gasteiger charge is 2.08. The van der Waals surface area contributed by atoms with Crippen molar-refractivity contribution in [2.45, 2.75) is 5.88 Å². The number of nitrogens with zero attached hydrogens (tertiary/aromatic N) is 1. The minimum absolute atomic E-state index is 0.268. The molecule has 1 aromatic heterocycles. The van der Waals surface area contributed by atoms with Gasteiger partial charge < -0.3 is 0 Å². The largest absolute Gasteiger partial charge is 0.240 e. The van der Waals surface area contributed by atoms with E-state index >= 15 is 0 Å². The number of benzene rings is 1. The molecule has 0 unspecified atom stereocenters. The second-order valence-electron chi connectivity index (χ2n) is 2.90. The molecule has 0 aliphatic heterocycles. The van der Waals surface area contributed by atoms with E-state index in [1.54, 1.807) is 6.07 Å². The molecule has 0 saturated carbocycles. The van der Waals surface area contributed by atoms with Gasteiger partial charge in [0.15, 0.2) is 0 Å². The molecule has 78 valence electrons. The number of thiazole rings is 1. The summed E-state index contributed by atoms with van der Waals surface area (Å²) >= 11 is 10.5. The van der Waals surface area contributed by atoms with Crippen LogP contribution in [0, 0.1) is 5.82 Å². The summed E-state index contributed by atoms with van der Waals surface area (Å²) in [5.74, 6) is 0.111. The lowest BCUT2D eigenvalue weighted by molar-refractivity contribution is 0.628. The fraction of sp³-hybridized carbons (Fsp3) is 0.100. The Morgan fingerprint density at radius 3 is 2.93 bits per heavy atom. The molecule has 0 fully saturated rings. The van der Waals surface area contributed by atoms with Crippen molar-refractivity contribution in [1.82, 2.24) is 4.98 Å². The average Bonchev–Trinajstić information content (AvgIpc) is 2.70. The molecule has 0 aliphatic rings. The van der Waals surface area contributed by atoms with Crippen LogP contribution in [0.3, 0.4) is 0 Å². The number of hydrogen-bond acceptors (Lipinski definition) is 2. The summed E-state index contributed by atoms with van der Waals surface area (Å²) in [6.45, 7) is 0. The third-order valence-corrected chi connectivity index (χ3v) is 3.74. The molecule has 0 N–H and O–H groups in total. The smallest absolute Gasteiger partial charge is 0.124 e. The first kappa shape index (κ1) is 11.0. The van der Waals surface area contributed by atoms with E-state index in [2.05, 4.69) is 20.9 Å². The number of hydrogen-bond donors (Lipinski definition) is 0. The molecule has 15 heavy (non-hydrogen) atoms. The van der Waals surface area contributed by atoms with Gasteiger partial charge in [-0.2, -0.15) is 0 Å². The van der Waals surface area contributed by atoms with Gasteiger partial charge in [0.05, 0.1) is 11.6 Å². The van der Waals surface area contributed by atoms with E-state index in [9.17, 15) is 4.39 Å². The molecule has 5 heteroatoms. The van der Waals surface area contributed by atoms with Gasteiger partial charge in [0, 0.05) is 15.4 Å². The molecule has 0 radical (unpaired) electrons. The van der Waals surface area contributed by atoms with Crippen LogP contribution in [0.4, 0.5) is 4.39 Å². The zero-order valence-corrected chi connectivity index (χ0v) is 10.7. The standard InChI is InChI=1S/C10H6BrClFNS/c11-9-2-1-6(13)3-8(9)10-14-7(4-12)5-15-10/h1-3,5H,4H2. The molecule has 0 bridgehead atoms. The van der Waals surface area contributed by atoms with E-state index in [-0.39, 0.29) is 5.82 Å². The van der Waals surface area contributed by atoms with Crippen LogP contribution < -0.4 is 0 Å². The van der Waals surface area contributed by atoms with E-state index in [4.69, 9.17) is 11.6 Å². The Morgan fingerprint density at radius 1 is 1.47 bits per heavy atom. The van der Waals surface area contributed by atoms with Crippen LogP contribution in [0.2, 0.25) is 0 Å². The van der Waals surface area contributed by atoms with Crippen LogP contribution in [0.1, 0.15) is 5.69 Å². The Kier molecular flexibility index (Phi) is 3.38. The van der Waals surface area contributed by atoms with E-state index < -0.39 is 0 Å². The van der Waals surface area contributed by atoms with E-state index in [0.29, 0.717) is 5.88 Å². The predicted octanol–water partition coefficient (Wildman–Crippen LogP) is 4.45. The molecule has 1 nitrogen and oxygen atoms in total. The van der Waals surface area contributed by atoms with Crippen LogP contribution in [0.15, 0.2) is 28.1 Å². The molecule has 2 rings (SSSR count). The van der Waals surface area contributed by atoms with Gasteiger partial charge in [-0.25, -0.2) is 9.37 Å². The highest BCUT2D eigenvalue weighted by atomic mass is 79.9. The number of rotatable bonds is 2. The maximum Gasteiger partial charge on any atom is 0.124 e. The molecular formula is C10H6BrClFNS. The van der Waals surface area contributed by atoms with Crippen LogP contribution >= 0.6 is 38.9 Å². The maximum atomic E-state index is 13.1. The first-order chi connectivity index (χ1) is 7.20. The Balaban J connectivity index is 2.48. The van der Waals surface area contributed by atoms with Gasteiger partial charge in [0.2, 0.25) is 0 Å². The molecule has 0 amide bonds. The van der Waals surface area contributed by atoms with Crippen LogP contribution in [0.25, 0.3) is 10.6 Å². The lowest BCUT2D eigenvalue weighted by Crippen LogP contribution is -1.83. The molecule has 1 aromatic carbocycles. The number of halogens is 3. The van der Waals surface area contributed by atoms with Crippen LogP contribution in [-0.2, 0) is 5.88 Å². The third kappa shape index (κ3) is 2.38. The maximum absolute atomic E-state index is 13.1. The van der Waals surface area contributed by atoms with Gasteiger partial charge in [-0.3, -0.25) is 0 Å². The van der Waals surface area contributed by atoms with Crippen molar-refractivity contribution in [1.29, 1.82) is 0 Å². The van der Waals surface area contributed by atoms with Crippen molar-refractivity contribution in [2.24, 2.45) is 0 Å². The normalized spacial score (nSPS) is 10.6. The zero-order chi connectivity index (χ0) is 10.8. The first-order valence-electron chi connectivity index (χ1n) is 4.16. The summed E-state index contributed by atoms with van der Waals surface area (Å²) in [5, 5.41) is 2.65. The lowest BCUT2D eigenvalue weighted by Gasteiger charge is -1.99. The fourth-order valence-corrected chi connectivity index (χ4v) is 2.80. The van der Waals surface area contributed by atoms with Crippen molar-refractivity contribution < 1.29 is 4.39 Å². The fourth-order valence-electron chi connectivity index (χ4n) is 1.15. The SMILES string of the molecule is Fc1ccc(Br)c(-c2nc(CCl)cs2)c1. The van der Waals surface area contributed by atoms with Gasteiger partial charge in [-0.1, -0.05) is 15.9 Å². The first-order valence-corrected chi connectivity index (χ1v) is 6.37. The molecular weight excluding hydrogens is 301 g/mol. The van der Waals surface area contributed by atoms with Crippen LogP contribution in [0.5, 0.6) is 0 Å². The Hall–Kier alpha value is -0.450. The van der Waals surface area contributed by atoms with E-state index in [0.717, 1.165) is 20.7 Å². The van der Waals surface area contributed by atoms with Gasteiger partial charge in [-0.05, 0) is 18.2 Å². The summed E-state index contributed by atoms with van der Waals surface area (Å²) in [7, 11) is 0. The molecule has 0 saturated heterocycles. The average molecular weight is 307 g/mol. The van der Waals surface area contributed by atoms with Crippen molar-refractivity contribution >= 4 is 38.9 Å². The topological polar surface area (TPSA) is 12.9 Å². The van der Waals surface area contributed by atoms with Gasteiger partial charge in [0.1, 0.15) is 10.8 Å². The predicted molar refractivity (Wildman–Crippen MR) is 64.8 cm³/mol. The monoisotopic (exact) mass is 305 g/mol. The Labute approximate surface area is 104 Å². The summed E-state index contributed by atoms with van der Waals surface area (Å²) in [5.41, 5.74) is 1.57. The zero-order valence-electron chi connectivity index (χ0n) is 7.51. The summed E-state index contributed by atoms with van der Waals surface area (Å²) in [6, 6.07) is 4.54. The summed E-state index contributed by atoms with van der Waals surface area (Å²) in [6.07, 6.45) is 0. The summed E-state index contributed by atoms with van der Waals surface area (Å²) in [4.78, 5) is 4.29. The van der Waals surface area contributed by atoms with E-state index in [1.807, 2.05) is 5.38 Å². The van der Waals surface area contributed by atoms with Crippen LogP contribution in [-0.4, -0.2) is 4.98 Å². The second-order valence-corrected chi connectivity index (χ2v) is 4.88. The van der Waals surface area contributed by atoms with Gasteiger partial charge in [0.25, 0.3) is 0 Å². The third-order valence-electron chi connectivity index (χ3n) is 1.85. The second kappa shape index (κ2) is 4.60. The van der Waals surface area contributed by atoms with Crippen molar-refractivity contribution in [3.8, 4) is 10.6 Å². The minimum atomic E-state index is -0.268. The number of alkyl halides is 1. The van der Waals surface area contributed by atoms with Gasteiger partial charge >= 0.3 is 0 Å². The molecule has 2 aromatic rings. The number of aromatic nitrogens is 1. The Morgan fingerprint density at radius 2 is 2.27 bits per heavy atom. The molecule has 0 spiro atoms. The van der Waals surface area contributed by atoms with Gasteiger partial charge in [-0.15, -0.1) is 22.9 Å². The lowest BCUT2D eigenvalue weighted by atomic mass is 10.2. The molecule has 0 aliphatic carbocycles. The molecule has 0 atom stereocenters. The molecule has 1 heterocycles. The minimum Gasteiger partial charge on any atom is -0.240 e. The highest BCUT2D eigenvalue weighted by molar-refractivity contribution is 9.10. The van der Waals surface area contributed by atoms with E-state index in [1.165, 1.54) is 23.5 Å². The summed E-state index contributed by atoms with van der Waals surface area (Å²) < 4.78 is 13.9. The quantitative estimate of drug-likeness (QED) is 0.747. The Bertz CT molecular complexity index is 486. The van der Waals surface area contributed by atoms with Crippen molar-refractivity contribution in [3.63, 3.8) is 0 Å². The van der Waals surface area contributed by atoms with Crippen molar-refractivity contribution in [2.75, 3.05) is 0 Å². The van der Waals surface area contributed by atoms with Crippen molar-refractivity contribution in [3.05, 3.63) is 39.6 Å².